The number of pyridine rings is 1. The van der Waals surface area contributed by atoms with Crippen LogP contribution in [0.25, 0.3) is 10.8 Å². The molecule has 4 rings (SSSR count). The van der Waals surface area contributed by atoms with Gasteiger partial charge in [-0.05, 0) is 29.1 Å². The second-order valence-corrected chi connectivity index (χ2v) is 9.51. The smallest absolute Gasteiger partial charge is 0.262 e. The molecule has 36 heavy (non-hydrogen) atoms. The van der Waals surface area contributed by atoms with Crippen LogP contribution in [0.5, 0.6) is 0 Å². The molecule has 0 aliphatic carbocycles. The Balaban J connectivity index is 1.44. The Labute approximate surface area is 209 Å². The van der Waals surface area contributed by atoms with Gasteiger partial charge in [-0.15, -0.1) is 0 Å². The minimum atomic E-state index is -3.78. The molecule has 9 nitrogen and oxygen atoms in total. The Bertz CT molecular complexity index is 1510. The Hall–Kier alpha value is -4.46. The summed E-state index contributed by atoms with van der Waals surface area (Å²) < 4.78 is 30.5. The summed E-state index contributed by atoms with van der Waals surface area (Å²) in [6.45, 7) is 0.806. The summed E-state index contributed by atoms with van der Waals surface area (Å²) in [6.07, 6.45) is 5.47. The van der Waals surface area contributed by atoms with Crippen molar-refractivity contribution in [2.45, 2.75) is 18.0 Å². The molecule has 0 unspecified atom stereocenters. The Kier molecular flexibility index (Phi) is 7.75. The van der Waals surface area contributed by atoms with E-state index in [2.05, 4.69) is 20.3 Å². The summed E-state index contributed by atoms with van der Waals surface area (Å²) >= 11 is 0. The molecule has 10 heteroatoms. The van der Waals surface area contributed by atoms with Gasteiger partial charge < -0.3 is 10.4 Å². The van der Waals surface area contributed by atoms with Gasteiger partial charge in [-0.1, -0.05) is 48.5 Å². The number of anilines is 2. The first-order valence-electron chi connectivity index (χ1n) is 11.1. The number of aliphatic hydroxyl groups excluding tert-OH is 1. The monoisotopic (exact) mass is 501 g/mol. The molecule has 0 spiro atoms. The fourth-order valence-electron chi connectivity index (χ4n) is 3.59. The number of hydrogen-bond donors (Lipinski definition) is 4. The first kappa shape index (κ1) is 24.7. The number of aliphatic hydroxyl groups is 1. The zero-order chi connectivity index (χ0) is 25.4. The number of rotatable bonds is 8. The van der Waals surface area contributed by atoms with E-state index in [1.165, 1.54) is 0 Å². The van der Waals surface area contributed by atoms with Crippen LogP contribution < -0.4 is 19.9 Å². The van der Waals surface area contributed by atoms with Gasteiger partial charge in [-0.2, -0.15) is 5.26 Å². The van der Waals surface area contributed by atoms with E-state index in [9.17, 15) is 8.42 Å². The van der Waals surface area contributed by atoms with Crippen LogP contribution in [0.2, 0.25) is 0 Å². The molecule has 0 amide bonds. The highest BCUT2D eigenvalue weighted by atomic mass is 32.2. The van der Waals surface area contributed by atoms with Crippen LogP contribution in [0.15, 0.2) is 101 Å². The van der Waals surface area contributed by atoms with Gasteiger partial charge in [0.1, 0.15) is 6.61 Å². The van der Waals surface area contributed by atoms with E-state index in [1.807, 2.05) is 35.0 Å². The van der Waals surface area contributed by atoms with Gasteiger partial charge in [-0.25, -0.2) is 18.0 Å². The maximum absolute atomic E-state index is 13.0. The highest BCUT2D eigenvalue weighted by Crippen LogP contribution is 2.25. The number of sulfonamides is 1. The van der Waals surface area contributed by atoms with Crippen molar-refractivity contribution in [3.05, 3.63) is 96.8 Å². The largest absolute Gasteiger partial charge is 0.390 e. The number of aromatic nitrogens is 1. The van der Waals surface area contributed by atoms with Gasteiger partial charge in [-0.3, -0.25) is 10.0 Å². The second-order valence-electron chi connectivity index (χ2n) is 7.85. The Morgan fingerprint density at radius 3 is 2.39 bits per heavy atom. The summed E-state index contributed by atoms with van der Waals surface area (Å²) in [6, 6.07) is 23.0. The van der Waals surface area contributed by atoms with Crippen molar-refractivity contribution >= 4 is 38.1 Å². The van der Waals surface area contributed by atoms with E-state index < -0.39 is 10.0 Å². The fourth-order valence-corrected chi connectivity index (χ4v) is 4.88. The van der Waals surface area contributed by atoms with E-state index in [0.29, 0.717) is 17.6 Å². The number of nitriles is 1. The van der Waals surface area contributed by atoms with Crippen LogP contribution in [0.1, 0.15) is 5.56 Å². The molecule has 0 bridgehead atoms. The van der Waals surface area contributed by atoms with E-state index in [4.69, 9.17) is 10.4 Å². The molecule has 4 aromatic rings. The highest BCUT2D eigenvalue weighted by Gasteiger charge is 2.17. The maximum Gasteiger partial charge on any atom is 0.262 e. The lowest BCUT2D eigenvalue weighted by Crippen LogP contribution is -2.34. The molecule has 0 atom stereocenters. The van der Waals surface area contributed by atoms with Crippen molar-refractivity contribution in [3.63, 3.8) is 0 Å². The molecule has 0 aliphatic rings. The number of hydrogen-bond acceptors (Lipinski definition) is 5. The first-order chi connectivity index (χ1) is 17.5. The molecule has 0 fully saturated rings. The molecular weight excluding hydrogens is 476 g/mol. The van der Waals surface area contributed by atoms with Gasteiger partial charge in [0.15, 0.2) is 25.1 Å². The van der Waals surface area contributed by atoms with Crippen molar-refractivity contribution in [2.24, 2.45) is 4.99 Å². The van der Waals surface area contributed by atoms with Gasteiger partial charge in [0.05, 0.1) is 17.1 Å². The molecular formula is C26H25N6O3S+. The van der Waals surface area contributed by atoms with Crippen LogP contribution in [-0.2, 0) is 23.1 Å². The predicted molar refractivity (Wildman–Crippen MR) is 138 cm³/mol. The van der Waals surface area contributed by atoms with Gasteiger partial charge in [0.25, 0.3) is 10.0 Å². The topological polar surface area (TPSA) is 130 Å². The molecule has 1 heterocycles. The van der Waals surface area contributed by atoms with E-state index in [-0.39, 0.29) is 24.0 Å². The van der Waals surface area contributed by atoms with E-state index in [0.717, 1.165) is 16.6 Å². The van der Waals surface area contributed by atoms with Crippen LogP contribution >= 0.6 is 0 Å². The molecule has 3 aromatic carbocycles. The number of benzene rings is 3. The zero-order valence-electron chi connectivity index (χ0n) is 19.3. The minimum absolute atomic E-state index is 0.0452. The maximum atomic E-state index is 13.0. The Morgan fingerprint density at radius 1 is 0.944 bits per heavy atom. The summed E-state index contributed by atoms with van der Waals surface area (Å²) in [5.41, 5.74) is 1.99. The highest BCUT2D eigenvalue weighted by molar-refractivity contribution is 7.93. The first-order valence-corrected chi connectivity index (χ1v) is 12.6. The van der Waals surface area contributed by atoms with E-state index in [1.54, 1.807) is 67.0 Å². The van der Waals surface area contributed by atoms with Crippen molar-refractivity contribution in [2.75, 3.05) is 16.6 Å². The SMILES string of the molecule is N#CNC(=NCc1ccc(NS(=O)(=O)c2cccc3ccccc23)cc1)Nc1cc[n+](CCO)cc1. The predicted octanol–water partition coefficient (Wildman–Crippen LogP) is 2.96. The third-order valence-electron chi connectivity index (χ3n) is 5.35. The number of nitrogens with one attached hydrogen (secondary N) is 3. The Morgan fingerprint density at radius 2 is 1.67 bits per heavy atom. The molecule has 0 aliphatic heterocycles. The normalized spacial score (nSPS) is 11.6. The third kappa shape index (κ3) is 6.15. The van der Waals surface area contributed by atoms with Crippen LogP contribution in [0.3, 0.4) is 0 Å². The lowest BCUT2D eigenvalue weighted by molar-refractivity contribution is -0.698. The minimum Gasteiger partial charge on any atom is -0.390 e. The molecule has 0 radical (unpaired) electrons. The quantitative estimate of drug-likeness (QED) is 0.0966. The van der Waals surface area contributed by atoms with Gasteiger partial charge >= 0.3 is 0 Å². The second kappa shape index (κ2) is 11.3. The number of nitrogens with zero attached hydrogens (tertiary/aromatic N) is 3. The lowest BCUT2D eigenvalue weighted by atomic mass is 10.1. The van der Waals surface area contributed by atoms with Crippen molar-refractivity contribution in [1.29, 1.82) is 5.26 Å². The van der Waals surface area contributed by atoms with E-state index >= 15 is 0 Å². The molecule has 4 N–H and O–H groups in total. The van der Waals surface area contributed by atoms with Crippen LogP contribution in [0, 0.1) is 11.5 Å². The molecule has 0 saturated carbocycles. The molecule has 182 valence electrons. The fraction of sp³-hybridized carbons (Fsp3) is 0.115. The van der Waals surface area contributed by atoms with Gasteiger partial charge in [0, 0.05) is 23.2 Å². The standard InChI is InChI=1S/C26H24N6O3S/c27-19-29-26(30-22-12-14-32(15-13-22)16-17-33)28-18-20-8-10-23(11-9-20)31-36(34,35)25-7-3-5-21-4-1-2-6-24(21)25/h1-15,31,33H,16-18H2,(H,28,29)/p+1. The average molecular weight is 502 g/mol. The zero-order valence-corrected chi connectivity index (χ0v) is 20.1. The number of fused-ring (bicyclic) bond motifs is 1. The van der Waals surface area contributed by atoms with Crippen molar-refractivity contribution < 1.29 is 18.1 Å². The molecule has 0 saturated heterocycles. The molecule has 1 aromatic heterocycles. The lowest BCUT2D eigenvalue weighted by Gasteiger charge is -2.11. The summed E-state index contributed by atoms with van der Waals surface area (Å²) in [5, 5.41) is 25.1. The number of aliphatic imine (C=N–C) groups is 1. The third-order valence-corrected chi connectivity index (χ3v) is 6.79. The van der Waals surface area contributed by atoms with Gasteiger partial charge in [0.2, 0.25) is 5.96 Å². The van der Waals surface area contributed by atoms with Crippen molar-refractivity contribution in [1.82, 2.24) is 5.32 Å². The van der Waals surface area contributed by atoms with Crippen molar-refractivity contribution in [3.8, 4) is 6.19 Å². The number of guanidine groups is 1. The van der Waals surface area contributed by atoms with Crippen LogP contribution in [-0.4, -0.2) is 26.1 Å². The average Bonchev–Trinajstić information content (AvgIpc) is 2.89. The summed E-state index contributed by atoms with van der Waals surface area (Å²) in [4.78, 5) is 4.63. The summed E-state index contributed by atoms with van der Waals surface area (Å²) in [7, 11) is -3.78. The summed E-state index contributed by atoms with van der Waals surface area (Å²) in [5.74, 6) is 0.276. The van der Waals surface area contributed by atoms with Crippen LogP contribution in [0.4, 0.5) is 11.4 Å².